The lowest BCUT2D eigenvalue weighted by atomic mass is 9.58. The third-order valence-corrected chi connectivity index (χ3v) is 10.4. The third-order valence-electron chi connectivity index (χ3n) is 7.39. The van der Waals surface area contributed by atoms with E-state index in [-0.39, 0.29) is 16.5 Å². The van der Waals surface area contributed by atoms with Crippen LogP contribution >= 0.6 is 23.5 Å². The maximum Gasteiger partial charge on any atom is 0.509 e. The van der Waals surface area contributed by atoms with Gasteiger partial charge >= 0.3 is 6.16 Å². The lowest BCUT2D eigenvalue weighted by Crippen LogP contribution is -2.68. The molecule has 0 aromatic carbocycles. The lowest BCUT2D eigenvalue weighted by molar-refractivity contribution is -0.246. The molecule has 134 valence electrons. The van der Waals surface area contributed by atoms with Crippen LogP contribution in [0.3, 0.4) is 0 Å². The molecular formula is C18H26O4S2. The molecule has 24 heavy (non-hydrogen) atoms. The summed E-state index contributed by atoms with van der Waals surface area (Å²) in [5, 5.41) is 0. The van der Waals surface area contributed by atoms with E-state index in [1.807, 2.05) is 0 Å². The molecule has 0 N–H and O–H groups in total. The van der Waals surface area contributed by atoms with Gasteiger partial charge in [0.15, 0.2) is 5.60 Å². The average Bonchev–Trinajstić information content (AvgIpc) is 2.98. The van der Waals surface area contributed by atoms with E-state index in [0.29, 0.717) is 17.3 Å². The quantitative estimate of drug-likeness (QED) is 0.595. The fourth-order valence-corrected chi connectivity index (χ4v) is 9.64. The molecule has 2 spiro atoms. The molecular weight excluding hydrogens is 344 g/mol. The molecule has 2 saturated carbocycles. The Morgan fingerprint density at radius 3 is 2.75 bits per heavy atom. The number of carbonyl (C=O) groups excluding carboxylic acids is 1. The Bertz CT molecular complexity index is 585. The molecule has 5 aliphatic rings. The van der Waals surface area contributed by atoms with Crippen molar-refractivity contribution in [2.45, 2.75) is 73.8 Å². The number of cyclic esters (lactones) is 1. The van der Waals surface area contributed by atoms with Crippen LogP contribution in [-0.2, 0) is 14.2 Å². The van der Waals surface area contributed by atoms with Crippen LogP contribution in [0, 0.1) is 11.3 Å². The Kier molecular flexibility index (Phi) is 3.36. The number of fused-ring (bicyclic) bond motifs is 2. The Morgan fingerprint density at radius 1 is 1.12 bits per heavy atom. The fourth-order valence-electron chi connectivity index (χ4n) is 6.18. The van der Waals surface area contributed by atoms with E-state index < -0.39 is 11.8 Å². The zero-order valence-electron chi connectivity index (χ0n) is 14.5. The first-order valence-electron chi connectivity index (χ1n) is 9.23. The maximum atomic E-state index is 11.8. The van der Waals surface area contributed by atoms with Gasteiger partial charge in [-0.1, -0.05) is 13.8 Å². The molecule has 0 radical (unpaired) electrons. The largest absolute Gasteiger partial charge is 0.509 e. The molecule has 0 amide bonds. The predicted molar refractivity (Wildman–Crippen MR) is 95.4 cm³/mol. The van der Waals surface area contributed by atoms with Gasteiger partial charge in [0, 0.05) is 22.5 Å². The van der Waals surface area contributed by atoms with Gasteiger partial charge < -0.3 is 14.2 Å². The molecule has 0 aromatic heterocycles. The molecule has 5 fully saturated rings. The molecule has 0 unspecified atom stereocenters. The molecule has 3 saturated heterocycles. The second-order valence-electron chi connectivity index (χ2n) is 8.67. The van der Waals surface area contributed by atoms with Crippen molar-refractivity contribution in [3.63, 3.8) is 0 Å². The Morgan fingerprint density at radius 2 is 1.96 bits per heavy atom. The summed E-state index contributed by atoms with van der Waals surface area (Å²) in [6.45, 7) is 5.15. The summed E-state index contributed by atoms with van der Waals surface area (Å²) in [6.07, 6.45) is 6.32. The van der Waals surface area contributed by atoms with E-state index >= 15 is 0 Å². The van der Waals surface area contributed by atoms with Crippen LogP contribution in [0.15, 0.2) is 0 Å². The van der Waals surface area contributed by atoms with Crippen LogP contribution in [0.4, 0.5) is 4.79 Å². The first-order valence-corrected chi connectivity index (χ1v) is 11.2. The summed E-state index contributed by atoms with van der Waals surface area (Å²) >= 11 is 4.20. The van der Waals surface area contributed by atoms with E-state index in [9.17, 15) is 4.79 Å². The highest BCUT2D eigenvalue weighted by Crippen LogP contribution is 2.70. The first kappa shape index (κ1) is 16.1. The van der Waals surface area contributed by atoms with E-state index in [4.69, 9.17) is 14.2 Å². The second-order valence-corrected chi connectivity index (χ2v) is 11.7. The van der Waals surface area contributed by atoms with Gasteiger partial charge in [0.25, 0.3) is 0 Å². The zero-order chi connectivity index (χ0) is 16.6. The minimum Gasteiger partial charge on any atom is -0.430 e. The maximum absolute atomic E-state index is 11.8. The van der Waals surface area contributed by atoms with Gasteiger partial charge in [-0.15, -0.1) is 11.8 Å². The van der Waals surface area contributed by atoms with Crippen LogP contribution < -0.4 is 0 Å². The van der Waals surface area contributed by atoms with Crippen molar-refractivity contribution in [1.82, 2.24) is 0 Å². The van der Waals surface area contributed by atoms with E-state index in [1.54, 1.807) is 0 Å². The van der Waals surface area contributed by atoms with Crippen LogP contribution in [0.25, 0.3) is 0 Å². The fraction of sp³-hybridized carbons (Fsp3) is 0.944. The minimum absolute atomic E-state index is 0.00974. The molecule has 4 bridgehead atoms. The summed E-state index contributed by atoms with van der Waals surface area (Å²) in [7, 11) is 0. The van der Waals surface area contributed by atoms with Crippen molar-refractivity contribution in [3.05, 3.63) is 0 Å². The SMILES string of the molecule is C[C@]12CC[C@H]3[C@@](C1)(O[C@@H]1CC[C@@]3(C)[C@]13COC(=O)O3)SCCCS2. The summed E-state index contributed by atoms with van der Waals surface area (Å²) in [5.41, 5.74) is -0.579. The number of thioether (sulfide) groups is 2. The number of hydrogen-bond acceptors (Lipinski definition) is 6. The molecule has 2 aliphatic carbocycles. The van der Waals surface area contributed by atoms with E-state index in [1.165, 1.54) is 30.8 Å². The zero-order valence-corrected chi connectivity index (χ0v) is 16.1. The van der Waals surface area contributed by atoms with E-state index in [2.05, 4.69) is 37.4 Å². The average molecular weight is 371 g/mol. The van der Waals surface area contributed by atoms with Gasteiger partial charge in [0.2, 0.25) is 0 Å². The van der Waals surface area contributed by atoms with Crippen molar-refractivity contribution < 1.29 is 19.0 Å². The Hall–Kier alpha value is -0.0700. The molecule has 5 rings (SSSR count). The van der Waals surface area contributed by atoms with Crippen LogP contribution in [-0.4, -0.2) is 45.7 Å². The van der Waals surface area contributed by atoms with Gasteiger partial charge in [-0.3, -0.25) is 0 Å². The van der Waals surface area contributed by atoms with Crippen LogP contribution in [0.2, 0.25) is 0 Å². The van der Waals surface area contributed by atoms with Gasteiger partial charge in [-0.25, -0.2) is 4.79 Å². The summed E-state index contributed by atoms with van der Waals surface area (Å²) in [6, 6.07) is 0. The Balaban J connectivity index is 1.58. The van der Waals surface area contributed by atoms with Crippen molar-refractivity contribution in [3.8, 4) is 0 Å². The topological polar surface area (TPSA) is 44.8 Å². The first-order chi connectivity index (χ1) is 11.4. The highest BCUT2D eigenvalue weighted by atomic mass is 32.2. The highest BCUT2D eigenvalue weighted by molar-refractivity contribution is 8.02. The number of ether oxygens (including phenoxy) is 3. The normalized spacial score (nSPS) is 56.2. The Labute approximate surface area is 152 Å². The number of hydrogen-bond donors (Lipinski definition) is 0. The molecule has 6 atom stereocenters. The third kappa shape index (κ3) is 1.91. The van der Waals surface area contributed by atoms with Crippen LogP contribution in [0.5, 0.6) is 0 Å². The second kappa shape index (κ2) is 5.01. The monoisotopic (exact) mass is 370 g/mol. The number of rotatable bonds is 0. The van der Waals surface area contributed by atoms with Crippen molar-refractivity contribution in [1.29, 1.82) is 0 Å². The van der Waals surface area contributed by atoms with E-state index in [0.717, 1.165) is 19.3 Å². The summed E-state index contributed by atoms with van der Waals surface area (Å²) < 4.78 is 18.3. The van der Waals surface area contributed by atoms with Gasteiger partial charge in [0.05, 0.1) is 0 Å². The molecule has 3 aliphatic heterocycles. The molecule has 0 aromatic rings. The van der Waals surface area contributed by atoms with Gasteiger partial charge in [-0.2, -0.15) is 11.8 Å². The minimum atomic E-state index is -0.552. The highest BCUT2D eigenvalue weighted by Gasteiger charge is 2.76. The molecule has 4 nitrogen and oxygen atoms in total. The number of carbonyl (C=O) groups is 1. The van der Waals surface area contributed by atoms with Gasteiger partial charge in [0.1, 0.15) is 17.6 Å². The summed E-state index contributed by atoms with van der Waals surface area (Å²) in [5.74, 6) is 2.88. The smallest absolute Gasteiger partial charge is 0.430 e. The summed E-state index contributed by atoms with van der Waals surface area (Å²) in [4.78, 5) is 11.7. The molecule has 6 heteroatoms. The molecule has 3 heterocycles. The standard InChI is InChI=1S/C18H26O4S2/c1-15-6-4-12-16(2)7-5-13(17(16)11-20-14(19)22-17)21-18(12,10-15)24-9-3-8-23-15/h12-13H,3-11H2,1-2H3/t12-,13-,15+,16-,17+,18+/m1/s1. The van der Waals surface area contributed by atoms with Crippen molar-refractivity contribution >= 4 is 29.7 Å². The van der Waals surface area contributed by atoms with Crippen LogP contribution in [0.1, 0.15) is 52.4 Å². The lowest BCUT2D eigenvalue weighted by Gasteiger charge is -2.62. The van der Waals surface area contributed by atoms with Crippen molar-refractivity contribution in [2.24, 2.45) is 11.3 Å². The predicted octanol–water partition coefficient (Wildman–Crippen LogP) is 4.22. The van der Waals surface area contributed by atoms with Gasteiger partial charge in [-0.05, 0) is 43.6 Å². The van der Waals surface area contributed by atoms with Crippen molar-refractivity contribution in [2.75, 3.05) is 18.1 Å².